The molecule has 2 N–H and O–H groups in total. The molecule has 0 saturated heterocycles. The van der Waals surface area contributed by atoms with E-state index in [1.165, 1.54) is 12.1 Å². The van der Waals surface area contributed by atoms with Crippen LogP contribution in [0.5, 0.6) is 0 Å². The van der Waals surface area contributed by atoms with E-state index in [4.69, 9.17) is 11.6 Å². The molecule has 0 aliphatic rings. The van der Waals surface area contributed by atoms with Crippen LogP contribution in [0.3, 0.4) is 0 Å². The van der Waals surface area contributed by atoms with Crippen LogP contribution in [0.15, 0.2) is 57.1 Å². The van der Waals surface area contributed by atoms with Gasteiger partial charge in [0, 0.05) is 28.4 Å². The third kappa shape index (κ3) is 3.03. The van der Waals surface area contributed by atoms with Crippen LogP contribution in [0, 0.1) is 11.8 Å². The molecule has 0 bridgehead atoms. The topological polar surface area (TPSA) is 101 Å². The summed E-state index contributed by atoms with van der Waals surface area (Å²) in [6.45, 7) is -0.0724. The number of aromatic nitrogens is 4. The first-order valence-corrected chi connectivity index (χ1v) is 8.29. The van der Waals surface area contributed by atoms with Crippen LogP contribution in [-0.4, -0.2) is 19.7 Å². The first-order valence-electron chi connectivity index (χ1n) is 7.92. The summed E-state index contributed by atoms with van der Waals surface area (Å²) < 4.78 is 1.02. The third-order valence-corrected chi connectivity index (χ3v) is 4.25. The standard InChI is InChI=1S/C19H11ClN4O3/c20-12-5-6-13-14(9-12)22-16-15(17(13)25)19(27)24(23-18(16)26)8-2-4-11-3-1-7-21-10-11/h1,3,5-7,9-10H,8H2,(H,22,25)(H,23,26). The normalized spacial score (nSPS) is 10.7. The van der Waals surface area contributed by atoms with Crippen LogP contribution in [0.4, 0.5) is 0 Å². The fraction of sp³-hybridized carbons (Fsp3) is 0.0526. The van der Waals surface area contributed by atoms with Gasteiger partial charge in [0.15, 0.2) is 0 Å². The molecule has 0 saturated carbocycles. The van der Waals surface area contributed by atoms with Gasteiger partial charge in [-0.3, -0.25) is 24.5 Å². The zero-order valence-electron chi connectivity index (χ0n) is 13.7. The van der Waals surface area contributed by atoms with E-state index in [1.54, 1.807) is 30.6 Å². The molecule has 7 nitrogen and oxygen atoms in total. The van der Waals surface area contributed by atoms with E-state index in [0.717, 1.165) is 4.68 Å². The van der Waals surface area contributed by atoms with Gasteiger partial charge in [-0.05, 0) is 30.3 Å². The van der Waals surface area contributed by atoms with E-state index >= 15 is 0 Å². The number of halogens is 1. The van der Waals surface area contributed by atoms with Gasteiger partial charge in [0.25, 0.3) is 11.1 Å². The maximum atomic E-state index is 12.7. The van der Waals surface area contributed by atoms with Crippen LogP contribution in [0.2, 0.25) is 5.02 Å². The maximum Gasteiger partial charge on any atom is 0.287 e. The predicted octanol–water partition coefficient (Wildman–Crippen LogP) is 1.63. The molecule has 8 heteroatoms. The van der Waals surface area contributed by atoms with Gasteiger partial charge >= 0.3 is 0 Å². The van der Waals surface area contributed by atoms with Gasteiger partial charge in [-0.2, -0.15) is 0 Å². The first kappa shape index (κ1) is 16.8. The quantitative estimate of drug-likeness (QED) is 0.388. The summed E-state index contributed by atoms with van der Waals surface area (Å²) in [5, 5.41) is 2.92. The second-order valence-corrected chi connectivity index (χ2v) is 6.21. The van der Waals surface area contributed by atoms with Gasteiger partial charge < -0.3 is 4.98 Å². The number of aromatic amines is 2. The van der Waals surface area contributed by atoms with Crippen molar-refractivity contribution in [3.8, 4) is 11.8 Å². The summed E-state index contributed by atoms with van der Waals surface area (Å²) in [4.78, 5) is 44.6. The van der Waals surface area contributed by atoms with Crippen molar-refractivity contribution in [1.82, 2.24) is 19.7 Å². The molecule has 0 amide bonds. The lowest BCUT2D eigenvalue weighted by atomic mass is 10.1. The van der Waals surface area contributed by atoms with Crippen molar-refractivity contribution in [3.63, 3.8) is 0 Å². The smallest absolute Gasteiger partial charge is 0.287 e. The Morgan fingerprint density at radius 3 is 2.81 bits per heavy atom. The minimum absolute atomic E-state index is 0.0724. The Hall–Kier alpha value is -3.63. The van der Waals surface area contributed by atoms with Crippen molar-refractivity contribution >= 4 is 33.4 Å². The molecule has 3 aromatic heterocycles. The molecule has 4 aromatic rings. The number of pyridine rings is 2. The Kier molecular flexibility index (Phi) is 4.11. The minimum Gasteiger partial charge on any atom is -0.350 e. The van der Waals surface area contributed by atoms with Crippen LogP contribution in [0.1, 0.15) is 5.56 Å². The molecule has 0 unspecified atom stereocenters. The number of benzene rings is 1. The number of rotatable bonds is 1. The Balaban J connectivity index is 1.90. The van der Waals surface area contributed by atoms with E-state index in [1.807, 2.05) is 0 Å². The number of H-pyrrole nitrogens is 2. The molecule has 0 aliphatic carbocycles. The van der Waals surface area contributed by atoms with Gasteiger partial charge in [0.1, 0.15) is 17.4 Å². The molecule has 0 fully saturated rings. The second kappa shape index (κ2) is 6.59. The predicted molar refractivity (Wildman–Crippen MR) is 103 cm³/mol. The zero-order chi connectivity index (χ0) is 19.0. The molecule has 1 aromatic carbocycles. The molecular weight excluding hydrogens is 368 g/mol. The van der Waals surface area contributed by atoms with E-state index in [0.29, 0.717) is 16.1 Å². The average Bonchev–Trinajstić information content (AvgIpc) is 2.66. The lowest BCUT2D eigenvalue weighted by Crippen LogP contribution is -2.33. The van der Waals surface area contributed by atoms with Crippen molar-refractivity contribution < 1.29 is 0 Å². The number of hydrogen-bond acceptors (Lipinski definition) is 4. The van der Waals surface area contributed by atoms with E-state index in [9.17, 15) is 14.4 Å². The summed E-state index contributed by atoms with van der Waals surface area (Å²) in [7, 11) is 0. The van der Waals surface area contributed by atoms with E-state index in [2.05, 4.69) is 26.9 Å². The summed E-state index contributed by atoms with van der Waals surface area (Å²) in [6.07, 6.45) is 3.21. The van der Waals surface area contributed by atoms with E-state index in [-0.39, 0.29) is 22.8 Å². The van der Waals surface area contributed by atoms with Crippen molar-refractivity contribution in [2.75, 3.05) is 0 Å². The summed E-state index contributed by atoms with van der Waals surface area (Å²) in [6, 6.07) is 8.11. The summed E-state index contributed by atoms with van der Waals surface area (Å²) in [5.74, 6) is 5.63. The van der Waals surface area contributed by atoms with Crippen LogP contribution in [0.25, 0.3) is 21.8 Å². The molecule has 0 radical (unpaired) electrons. The van der Waals surface area contributed by atoms with Crippen LogP contribution < -0.4 is 16.5 Å². The molecule has 132 valence electrons. The Morgan fingerprint density at radius 1 is 1.19 bits per heavy atom. The second-order valence-electron chi connectivity index (χ2n) is 5.77. The van der Waals surface area contributed by atoms with Crippen LogP contribution in [-0.2, 0) is 6.54 Å². The molecule has 4 rings (SSSR count). The fourth-order valence-electron chi connectivity index (χ4n) is 2.77. The van der Waals surface area contributed by atoms with Gasteiger partial charge in [0.05, 0.1) is 5.52 Å². The number of nitrogens with zero attached hydrogens (tertiary/aromatic N) is 2. The minimum atomic E-state index is -0.622. The summed E-state index contributed by atoms with van der Waals surface area (Å²) in [5.41, 5.74) is -0.764. The average molecular weight is 379 g/mol. The third-order valence-electron chi connectivity index (χ3n) is 4.02. The van der Waals surface area contributed by atoms with Crippen molar-refractivity contribution in [2.24, 2.45) is 0 Å². The van der Waals surface area contributed by atoms with Gasteiger partial charge in [-0.1, -0.05) is 23.4 Å². The molecule has 0 spiro atoms. The monoisotopic (exact) mass is 378 g/mol. The lowest BCUT2D eigenvalue weighted by molar-refractivity contribution is 0.659. The van der Waals surface area contributed by atoms with Gasteiger partial charge in [-0.15, -0.1) is 0 Å². The molecule has 27 heavy (non-hydrogen) atoms. The van der Waals surface area contributed by atoms with E-state index < -0.39 is 16.5 Å². The number of nitrogens with one attached hydrogen (secondary N) is 2. The SMILES string of the molecule is O=c1[nH]n(CC#Cc2cccnc2)c(=O)c2c(=O)c3ccc(Cl)cc3[nH]c12. The Morgan fingerprint density at radius 2 is 2.04 bits per heavy atom. The highest BCUT2D eigenvalue weighted by atomic mass is 35.5. The highest BCUT2D eigenvalue weighted by molar-refractivity contribution is 6.31. The van der Waals surface area contributed by atoms with Crippen molar-refractivity contribution in [2.45, 2.75) is 6.54 Å². The fourth-order valence-corrected chi connectivity index (χ4v) is 2.94. The first-order chi connectivity index (χ1) is 13.0. The van der Waals surface area contributed by atoms with Gasteiger partial charge in [-0.25, -0.2) is 4.68 Å². The largest absolute Gasteiger partial charge is 0.350 e. The zero-order valence-corrected chi connectivity index (χ0v) is 14.5. The molecule has 0 aliphatic heterocycles. The highest BCUT2D eigenvalue weighted by Gasteiger charge is 2.14. The lowest BCUT2D eigenvalue weighted by Gasteiger charge is -2.05. The number of hydrogen-bond donors (Lipinski definition) is 2. The maximum absolute atomic E-state index is 12.7. The van der Waals surface area contributed by atoms with Crippen LogP contribution >= 0.6 is 11.6 Å². The molecule has 3 heterocycles. The molecule has 0 atom stereocenters. The number of fused-ring (bicyclic) bond motifs is 2. The summed E-state index contributed by atoms with van der Waals surface area (Å²) >= 11 is 5.93. The van der Waals surface area contributed by atoms with Gasteiger partial charge in [0.2, 0.25) is 5.43 Å². The Bertz CT molecular complexity index is 1420. The Labute approximate surface area is 156 Å². The van der Waals surface area contributed by atoms with Crippen molar-refractivity contribution in [3.05, 3.63) is 84.2 Å². The highest BCUT2D eigenvalue weighted by Crippen LogP contribution is 2.16. The molecular formula is C19H11ClN4O3. The van der Waals surface area contributed by atoms with Crippen molar-refractivity contribution in [1.29, 1.82) is 0 Å².